The van der Waals surface area contributed by atoms with Crippen LogP contribution >= 0.6 is 0 Å². The van der Waals surface area contributed by atoms with Gasteiger partial charge in [0.05, 0.1) is 6.10 Å². The van der Waals surface area contributed by atoms with Gasteiger partial charge in [-0.2, -0.15) is 0 Å². The lowest BCUT2D eigenvalue weighted by Crippen LogP contribution is -2.25. The molecule has 0 bridgehead atoms. The Morgan fingerprint density at radius 2 is 2.21 bits per heavy atom. The summed E-state index contributed by atoms with van der Waals surface area (Å²) < 4.78 is 12.9. The monoisotopic (exact) mass is 197 g/mol. The molecule has 1 aromatic rings. The van der Waals surface area contributed by atoms with E-state index in [4.69, 9.17) is 0 Å². The van der Waals surface area contributed by atoms with Crippen LogP contribution in [-0.4, -0.2) is 24.8 Å². The molecule has 0 saturated heterocycles. The Hall–Kier alpha value is -0.930. The molecule has 2 N–H and O–H groups in total. The maximum atomic E-state index is 12.9. The second-order valence-electron chi connectivity index (χ2n) is 3.49. The quantitative estimate of drug-likeness (QED) is 0.761. The van der Waals surface area contributed by atoms with Crippen molar-refractivity contribution in [1.82, 2.24) is 5.32 Å². The number of aliphatic hydroxyl groups excluding tert-OH is 1. The van der Waals surface area contributed by atoms with E-state index in [1.54, 1.807) is 13.1 Å². The fraction of sp³-hybridized carbons (Fsp3) is 0.455. The average Bonchev–Trinajstić information content (AvgIpc) is 2.12. The molecule has 1 aromatic carbocycles. The molecular weight excluding hydrogens is 181 g/mol. The summed E-state index contributed by atoms with van der Waals surface area (Å²) in [7, 11) is 1.78. The number of likely N-dealkylation sites (N-methyl/N-ethyl adjacent to an activating group) is 1. The molecule has 0 saturated carbocycles. The van der Waals surface area contributed by atoms with Crippen LogP contribution in [0.1, 0.15) is 11.1 Å². The summed E-state index contributed by atoms with van der Waals surface area (Å²) in [5, 5.41) is 12.4. The molecule has 0 aliphatic carbocycles. The van der Waals surface area contributed by atoms with Gasteiger partial charge in [-0.05, 0) is 43.7 Å². The van der Waals surface area contributed by atoms with E-state index in [9.17, 15) is 9.50 Å². The molecule has 0 heterocycles. The van der Waals surface area contributed by atoms with Gasteiger partial charge in [-0.3, -0.25) is 0 Å². The standard InChI is InChI=1S/C11H16FNO/c1-8-3-4-10(12)5-9(8)6-11(14)7-13-2/h3-5,11,13-14H,6-7H2,1-2H3. The molecule has 0 fully saturated rings. The summed E-state index contributed by atoms with van der Waals surface area (Å²) in [5.74, 6) is -0.248. The summed E-state index contributed by atoms with van der Waals surface area (Å²) in [6.07, 6.45) is 0.0326. The first-order chi connectivity index (χ1) is 6.63. The minimum absolute atomic E-state index is 0.248. The lowest BCUT2D eigenvalue weighted by atomic mass is 10.0. The molecule has 1 unspecified atom stereocenters. The number of hydrogen-bond donors (Lipinski definition) is 2. The SMILES string of the molecule is CNCC(O)Cc1cc(F)ccc1C. The normalized spacial score (nSPS) is 12.9. The number of benzene rings is 1. The van der Waals surface area contributed by atoms with Crippen LogP contribution in [0.5, 0.6) is 0 Å². The summed E-state index contributed by atoms with van der Waals surface area (Å²) in [5.41, 5.74) is 1.88. The van der Waals surface area contributed by atoms with E-state index >= 15 is 0 Å². The van der Waals surface area contributed by atoms with Gasteiger partial charge in [0.25, 0.3) is 0 Å². The highest BCUT2D eigenvalue weighted by Crippen LogP contribution is 2.12. The van der Waals surface area contributed by atoms with Crippen molar-refractivity contribution in [2.75, 3.05) is 13.6 Å². The second-order valence-corrected chi connectivity index (χ2v) is 3.49. The average molecular weight is 197 g/mol. The molecule has 0 spiro atoms. The molecular formula is C11H16FNO. The predicted molar refractivity (Wildman–Crippen MR) is 54.8 cm³/mol. The van der Waals surface area contributed by atoms with Crippen molar-refractivity contribution in [3.8, 4) is 0 Å². The van der Waals surface area contributed by atoms with Crippen LogP contribution in [0.2, 0.25) is 0 Å². The van der Waals surface area contributed by atoms with E-state index in [1.165, 1.54) is 12.1 Å². The van der Waals surface area contributed by atoms with Crippen LogP contribution in [0, 0.1) is 12.7 Å². The van der Waals surface area contributed by atoms with Crippen molar-refractivity contribution < 1.29 is 9.50 Å². The van der Waals surface area contributed by atoms with Gasteiger partial charge < -0.3 is 10.4 Å². The van der Waals surface area contributed by atoms with Crippen molar-refractivity contribution in [3.05, 3.63) is 35.1 Å². The minimum Gasteiger partial charge on any atom is -0.391 e. The highest BCUT2D eigenvalue weighted by molar-refractivity contribution is 5.27. The van der Waals surface area contributed by atoms with E-state index in [0.717, 1.165) is 11.1 Å². The topological polar surface area (TPSA) is 32.3 Å². The van der Waals surface area contributed by atoms with Crippen LogP contribution < -0.4 is 5.32 Å². The number of aliphatic hydroxyl groups is 1. The van der Waals surface area contributed by atoms with Crippen molar-refractivity contribution in [2.45, 2.75) is 19.4 Å². The van der Waals surface area contributed by atoms with E-state index < -0.39 is 6.10 Å². The third-order valence-corrected chi connectivity index (χ3v) is 2.21. The zero-order valence-corrected chi connectivity index (χ0v) is 8.55. The van der Waals surface area contributed by atoms with Crippen LogP contribution in [0.3, 0.4) is 0 Å². The van der Waals surface area contributed by atoms with Gasteiger partial charge in [0.1, 0.15) is 5.82 Å². The Morgan fingerprint density at radius 3 is 2.86 bits per heavy atom. The van der Waals surface area contributed by atoms with Gasteiger partial charge in [-0.25, -0.2) is 4.39 Å². The van der Waals surface area contributed by atoms with Crippen molar-refractivity contribution >= 4 is 0 Å². The fourth-order valence-corrected chi connectivity index (χ4v) is 1.42. The third kappa shape index (κ3) is 3.09. The summed E-state index contributed by atoms with van der Waals surface area (Å²) in [4.78, 5) is 0. The molecule has 0 aliphatic rings. The number of nitrogens with one attached hydrogen (secondary N) is 1. The molecule has 0 radical (unpaired) electrons. The van der Waals surface area contributed by atoms with Gasteiger partial charge >= 0.3 is 0 Å². The molecule has 0 amide bonds. The highest BCUT2D eigenvalue weighted by Gasteiger charge is 2.07. The number of halogens is 1. The Balaban J connectivity index is 2.70. The smallest absolute Gasteiger partial charge is 0.123 e. The van der Waals surface area contributed by atoms with Crippen LogP contribution in [0.25, 0.3) is 0 Å². The maximum absolute atomic E-state index is 12.9. The molecule has 3 heteroatoms. The number of rotatable bonds is 4. The van der Waals surface area contributed by atoms with E-state index in [0.29, 0.717) is 13.0 Å². The Morgan fingerprint density at radius 1 is 1.50 bits per heavy atom. The summed E-state index contributed by atoms with van der Waals surface area (Å²) >= 11 is 0. The second kappa shape index (κ2) is 5.08. The van der Waals surface area contributed by atoms with Crippen molar-refractivity contribution in [2.24, 2.45) is 0 Å². The van der Waals surface area contributed by atoms with Crippen molar-refractivity contribution in [3.63, 3.8) is 0 Å². The van der Waals surface area contributed by atoms with E-state index in [1.807, 2.05) is 6.92 Å². The lowest BCUT2D eigenvalue weighted by Gasteiger charge is -2.11. The molecule has 78 valence electrons. The third-order valence-electron chi connectivity index (χ3n) is 2.21. The van der Waals surface area contributed by atoms with E-state index in [-0.39, 0.29) is 5.82 Å². The van der Waals surface area contributed by atoms with Gasteiger partial charge in [0.2, 0.25) is 0 Å². The maximum Gasteiger partial charge on any atom is 0.123 e. The lowest BCUT2D eigenvalue weighted by molar-refractivity contribution is 0.174. The Kier molecular flexibility index (Phi) is 4.04. The largest absolute Gasteiger partial charge is 0.391 e. The first-order valence-electron chi connectivity index (χ1n) is 4.71. The zero-order chi connectivity index (χ0) is 10.6. The molecule has 2 nitrogen and oxygen atoms in total. The molecule has 0 aromatic heterocycles. The van der Waals surface area contributed by atoms with Crippen LogP contribution in [0.4, 0.5) is 4.39 Å². The van der Waals surface area contributed by atoms with Gasteiger partial charge in [-0.15, -0.1) is 0 Å². The van der Waals surface area contributed by atoms with Gasteiger partial charge in [0, 0.05) is 6.54 Å². The van der Waals surface area contributed by atoms with Gasteiger partial charge in [0.15, 0.2) is 0 Å². The molecule has 0 aliphatic heterocycles. The molecule has 1 atom stereocenters. The first kappa shape index (κ1) is 11.1. The Labute approximate surface area is 83.8 Å². The van der Waals surface area contributed by atoms with Crippen molar-refractivity contribution in [1.29, 1.82) is 0 Å². The van der Waals surface area contributed by atoms with Crippen LogP contribution in [0.15, 0.2) is 18.2 Å². The first-order valence-corrected chi connectivity index (χ1v) is 4.71. The summed E-state index contributed by atoms with van der Waals surface area (Å²) in [6, 6.07) is 4.65. The molecule has 1 rings (SSSR count). The fourth-order valence-electron chi connectivity index (χ4n) is 1.42. The summed E-state index contributed by atoms with van der Waals surface area (Å²) in [6.45, 7) is 2.44. The predicted octanol–water partition coefficient (Wildman–Crippen LogP) is 1.26. The number of hydrogen-bond acceptors (Lipinski definition) is 2. The minimum atomic E-state index is -0.458. The van der Waals surface area contributed by atoms with E-state index in [2.05, 4.69) is 5.32 Å². The molecule has 14 heavy (non-hydrogen) atoms. The number of aryl methyl sites for hydroxylation is 1. The zero-order valence-electron chi connectivity index (χ0n) is 8.55. The Bertz CT molecular complexity index is 301. The van der Waals surface area contributed by atoms with Gasteiger partial charge in [-0.1, -0.05) is 6.07 Å². The highest BCUT2D eigenvalue weighted by atomic mass is 19.1. The van der Waals surface area contributed by atoms with Crippen LogP contribution in [-0.2, 0) is 6.42 Å².